The Kier molecular flexibility index (Phi) is 6.72. The fraction of sp³-hybridized carbons (Fsp3) is 0.188. The Balaban J connectivity index is 0.00000220. The first-order chi connectivity index (χ1) is 9.69. The van der Waals surface area contributed by atoms with Crippen LogP contribution in [-0.2, 0) is 13.1 Å². The molecule has 112 valence electrons. The average Bonchev–Trinajstić information content (AvgIpc) is 2.48. The SMILES string of the molecule is COc1cccc(CNCc2ccc(C(=O)O)cc2)c1.[Cl-]. The van der Waals surface area contributed by atoms with Crippen LogP contribution in [0.15, 0.2) is 48.5 Å². The zero-order valence-corrected chi connectivity index (χ0v) is 12.4. The highest BCUT2D eigenvalue weighted by Crippen LogP contribution is 2.12. The van der Waals surface area contributed by atoms with E-state index in [2.05, 4.69) is 5.32 Å². The number of hydrogen-bond donors (Lipinski definition) is 2. The molecule has 0 atom stereocenters. The summed E-state index contributed by atoms with van der Waals surface area (Å²) in [5.41, 5.74) is 2.51. The van der Waals surface area contributed by atoms with Crippen LogP contribution in [0.25, 0.3) is 0 Å². The molecule has 0 aromatic heterocycles. The monoisotopic (exact) mass is 306 g/mol. The second kappa shape index (κ2) is 8.29. The van der Waals surface area contributed by atoms with Crippen LogP contribution in [0, 0.1) is 0 Å². The molecule has 0 fully saturated rings. The molecule has 2 aromatic rings. The lowest BCUT2D eigenvalue weighted by atomic mass is 10.1. The van der Waals surface area contributed by atoms with Crippen molar-refractivity contribution in [2.45, 2.75) is 13.1 Å². The van der Waals surface area contributed by atoms with Crippen LogP contribution in [0.1, 0.15) is 21.5 Å². The lowest BCUT2D eigenvalue weighted by molar-refractivity contribution is -0.0000199. The van der Waals surface area contributed by atoms with Crippen molar-refractivity contribution in [1.29, 1.82) is 0 Å². The van der Waals surface area contributed by atoms with Crippen molar-refractivity contribution >= 4 is 5.97 Å². The summed E-state index contributed by atoms with van der Waals surface area (Å²) in [6.45, 7) is 1.43. The van der Waals surface area contributed by atoms with E-state index in [1.165, 1.54) is 0 Å². The highest BCUT2D eigenvalue weighted by molar-refractivity contribution is 5.87. The number of carbonyl (C=O) groups is 1. The molecule has 5 heteroatoms. The summed E-state index contributed by atoms with van der Waals surface area (Å²) in [6, 6.07) is 14.8. The van der Waals surface area contributed by atoms with Crippen LogP contribution in [0.2, 0.25) is 0 Å². The summed E-state index contributed by atoms with van der Waals surface area (Å²) in [5.74, 6) is -0.0593. The molecule has 0 radical (unpaired) electrons. The molecule has 0 saturated carbocycles. The van der Waals surface area contributed by atoms with Crippen molar-refractivity contribution in [2.75, 3.05) is 7.11 Å². The number of aromatic carboxylic acids is 1. The van der Waals surface area contributed by atoms with Gasteiger partial charge in [0.1, 0.15) is 5.75 Å². The van der Waals surface area contributed by atoms with E-state index in [1.807, 2.05) is 36.4 Å². The van der Waals surface area contributed by atoms with Crippen molar-refractivity contribution in [2.24, 2.45) is 0 Å². The minimum Gasteiger partial charge on any atom is -1.00 e. The second-order valence-electron chi connectivity index (χ2n) is 4.46. The number of nitrogens with one attached hydrogen (secondary N) is 1. The molecule has 4 nitrogen and oxygen atoms in total. The van der Waals surface area contributed by atoms with Crippen molar-refractivity contribution in [3.63, 3.8) is 0 Å². The molecule has 0 bridgehead atoms. The lowest BCUT2D eigenvalue weighted by Crippen LogP contribution is -3.00. The third kappa shape index (κ3) is 5.10. The normalized spacial score (nSPS) is 9.76. The summed E-state index contributed by atoms with van der Waals surface area (Å²) in [5, 5.41) is 12.1. The standard InChI is InChI=1S/C16H17NO3.ClH/c1-20-15-4-2-3-13(9-15)11-17-10-12-5-7-14(8-6-12)16(18)19;/h2-9,17H,10-11H2,1H3,(H,18,19);1H/p-1. The molecular formula is C16H17ClNO3-. The minimum absolute atomic E-state index is 0. The average molecular weight is 307 g/mol. The minimum atomic E-state index is -0.902. The number of ether oxygens (including phenoxy) is 1. The molecule has 2 aromatic carbocycles. The van der Waals surface area contributed by atoms with Crippen LogP contribution >= 0.6 is 0 Å². The van der Waals surface area contributed by atoms with Gasteiger partial charge in [0.15, 0.2) is 0 Å². The Morgan fingerprint density at radius 1 is 1.10 bits per heavy atom. The van der Waals surface area contributed by atoms with Crippen molar-refractivity contribution < 1.29 is 27.0 Å². The largest absolute Gasteiger partial charge is 1.00 e. The summed E-state index contributed by atoms with van der Waals surface area (Å²) in [4.78, 5) is 10.7. The Morgan fingerprint density at radius 2 is 1.76 bits per heavy atom. The third-order valence-corrected chi connectivity index (χ3v) is 2.99. The highest BCUT2D eigenvalue weighted by Gasteiger charge is 2.01. The van der Waals surface area contributed by atoms with Gasteiger partial charge >= 0.3 is 5.97 Å². The summed E-state index contributed by atoms with van der Waals surface area (Å²) < 4.78 is 5.17. The number of benzene rings is 2. The van der Waals surface area contributed by atoms with Crippen LogP contribution in [-0.4, -0.2) is 18.2 Å². The highest BCUT2D eigenvalue weighted by atomic mass is 35.5. The van der Waals surface area contributed by atoms with E-state index in [9.17, 15) is 4.79 Å². The number of halogens is 1. The maximum atomic E-state index is 10.7. The third-order valence-electron chi connectivity index (χ3n) is 2.99. The van der Waals surface area contributed by atoms with Crippen LogP contribution in [0.5, 0.6) is 5.75 Å². The molecule has 0 saturated heterocycles. The van der Waals surface area contributed by atoms with Gasteiger partial charge in [-0.2, -0.15) is 0 Å². The van der Waals surface area contributed by atoms with E-state index >= 15 is 0 Å². The van der Waals surface area contributed by atoms with Gasteiger partial charge in [0.2, 0.25) is 0 Å². The summed E-state index contributed by atoms with van der Waals surface area (Å²) >= 11 is 0. The van der Waals surface area contributed by atoms with Gasteiger partial charge in [-0.25, -0.2) is 4.79 Å². The molecule has 0 unspecified atom stereocenters. The van der Waals surface area contributed by atoms with E-state index < -0.39 is 5.97 Å². The lowest BCUT2D eigenvalue weighted by Gasteiger charge is -2.07. The fourth-order valence-electron chi connectivity index (χ4n) is 1.90. The maximum Gasteiger partial charge on any atom is 0.335 e. The molecular weight excluding hydrogens is 290 g/mol. The van der Waals surface area contributed by atoms with Crippen molar-refractivity contribution in [3.05, 3.63) is 65.2 Å². The zero-order valence-electron chi connectivity index (χ0n) is 11.7. The predicted molar refractivity (Wildman–Crippen MR) is 76.9 cm³/mol. The van der Waals surface area contributed by atoms with Gasteiger partial charge < -0.3 is 27.6 Å². The number of carboxylic acids is 1. The van der Waals surface area contributed by atoms with E-state index in [0.717, 1.165) is 23.4 Å². The van der Waals surface area contributed by atoms with Gasteiger partial charge in [0.05, 0.1) is 12.7 Å². The molecule has 0 amide bonds. The first-order valence-electron chi connectivity index (χ1n) is 6.35. The molecule has 0 aliphatic carbocycles. The van der Waals surface area contributed by atoms with Crippen molar-refractivity contribution in [3.8, 4) is 5.75 Å². The molecule has 2 N–H and O–H groups in total. The molecule has 21 heavy (non-hydrogen) atoms. The van der Waals surface area contributed by atoms with E-state index in [-0.39, 0.29) is 12.4 Å². The summed E-state index contributed by atoms with van der Waals surface area (Å²) in [7, 11) is 1.65. The molecule has 0 aliphatic rings. The van der Waals surface area contributed by atoms with Crippen LogP contribution < -0.4 is 22.5 Å². The first-order valence-corrected chi connectivity index (χ1v) is 6.35. The molecule has 0 heterocycles. The Labute approximate surface area is 130 Å². The zero-order chi connectivity index (χ0) is 14.4. The van der Waals surface area contributed by atoms with Crippen molar-refractivity contribution in [1.82, 2.24) is 5.32 Å². The first kappa shape index (κ1) is 17.0. The van der Waals surface area contributed by atoms with Gasteiger partial charge in [0.25, 0.3) is 0 Å². The Hall–Kier alpha value is -2.04. The van der Waals surface area contributed by atoms with Crippen LogP contribution in [0.4, 0.5) is 0 Å². The second-order valence-corrected chi connectivity index (χ2v) is 4.46. The fourth-order valence-corrected chi connectivity index (χ4v) is 1.90. The summed E-state index contributed by atoms with van der Waals surface area (Å²) in [6.07, 6.45) is 0. The van der Waals surface area contributed by atoms with E-state index in [4.69, 9.17) is 9.84 Å². The van der Waals surface area contributed by atoms with Crippen LogP contribution in [0.3, 0.4) is 0 Å². The molecule has 0 spiro atoms. The van der Waals surface area contributed by atoms with Gasteiger partial charge in [-0.1, -0.05) is 24.3 Å². The molecule has 2 rings (SSSR count). The van der Waals surface area contributed by atoms with E-state index in [0.29, 0.717) is 12.1 Å². The maximum absolute atomic E-state index is 10.7. The van der Waals surface area contributed by atoms with Gasteiger partial charge in [-0.3, -0.25) is 0 Å². The quantitative estimate of drug-likeness (QED) is 0.768. The number of hydrogen-bond acceptors (Lipinski definition) is 3. The van der Waals surface area contributed by atoms with Gasteiger partial charge in [-0.05, 0) is 35.4 Å². The van der Waals surface area contributed by atoms with E-state index in [1.54, 1.807) is 19.2 Å². The van der Waals surface area contributed by atoms with Gasteiger partial charge in [-0.15, -0.1) is 0 Å². The number of methoxy groups -OCH3 is 1. The predicted octanol–water partition coefficient (Wildman–Crippen LogP) is -0.313. The Bertz CT molecular complexity index is 584. The Morgan fingerprint density at radius 3 is 2.38 bits per heavy atom. The number of rotatable bonds is 6. The van der Waals surface area contributed by atoms with Gasteiger partial charge in [0, 0.05) is 13.1 Å². The smallest absolute Gasteiger partial charge is 0.335 e. The topological polar surface area (TPSA) is 58.6 Å². The molecule has 0 aliphatic heterocycles. The number of carboxylic acid groups (broad SMARTS) is 1.